The van der Waals surface area contributed by atoms with Crippen LogP contribution in [0.25, 0.3) is 61.0 Å². The van der Waals surface area contributed by atoms with Crippen molar-refractivity contribution in [2.45, 2.75) is 84.0 Å². The van der Waals surface area contributed by atoms with Crippen LogP contribution in [0.2, 0.25) is 0 Å². The summed E-state index contributed by atoms with van der Waals surface area (Å²) >= 11 is 0. The van der Waals surface area contributed by atoms with Crippen LogP contribution in [0.15, 0.2) is 237 Å². The number of anilines is 4. The van der Waals surface area contributed by atoms with E-state index < -0.39 is 5.41 Å². The van der Waals surface area contributed by atoms with Gasteiger partial charge in [-0.1, -0.05) is 244 Å². The molecule has 0 fully saturated rings. The Bertz CT molecular complexity index is 4380. The number of nitrogens with zero attached hydrogens (tertiary/aromatic N) is 4. The van der Waals surface area contributed by atoms with E-state index in [1.54, 1.807) is 0 Å². The van der Waals surface area contributed by atoms with Crippen LogP contribution in [0.1, 0.15) is 101 Å². The minimum atomic E-state index is -0.788. The van der Waals surface area contributed by atoms with Gasteiger partial charge in [0.25, 0.3) is 0 Å². The first-order chi connectivity index (χ1) is 40.5. The molecule has 0 spiro atoms. The van der Waals surface area contributed by atoms with Crippen LogP contribution in [0.5, 0.6) is 11.5 Å². The standard InChI is InChI=1S/C79H67N4O.Pt/c1-76(2,3)55-36-40-68-66(46-55)67-47-56(77(4,5)6)37-41-69(67)79(68,54-28-17-12-18-29-54)58-44-59(49-61(45-58)84-60-38-39-65-64-30-19-20-33-70(64)83(73(65)50-60)74-48-57(42-43-80-74)78(7,8)9)81-51-82(72-35-22-21-34-71(72)81)75-62(52-24-13-10-14-25-52)31-23-32-63(75)53-26-15-11-16-27-53;/h10-48,51H,1-9H3;/q-3;. The average molecular weight is 1280 g/mol. The summed E-state index contributed by atoms with van der Waals surface area (Å²) in [4.78, 5) is 9.69. The van der Waals surface area contributed by atoms with Gasteiger partial charge in [-0.2, -0.15) is 6.07 Å². The zero-order valence-electron chi connectivity index (χ0n) is 49.6. The van der Waals surface area contributed by atoms with Gasteiger partial charge >= 0.3 is 0 Å². The molecule has 0 atom stereocenters. The molecule has 3 heterocycles. The predicted octanol–water partition coefficient (Wildman–Crippen LogP) is 20.6. The minimum Gasteiger partial charge on any atom is -0.509 e. The van der Waals surface area contributed by atoms with Gasteiger partial charge < -0.3 is 19.1 Å². The third-order valence-electron chi connectivity index (χ3n) is 17.3. The Labute approximate surface area is 515 Å². The molecular formula is C79H67N4OPt-3. The molecule has 1 aliphatic carbocycles. The molecule has 0 saturated carbocycles. The number of pyridine rings is 1. The summed E-state index contributed by atoms with van der Waals surface area (Å²) in [5.41, 5.74) is 20.4. The van der Waals surface area contributed by atoms with Gasteiger partial charge in [-0.05, 0) is 108 Å². The predicted molar refractivity (Wildman–Crippen MR) is 349 cm³/mol. The van der Waals surface area contributed by atoms with Crippen molar-refractivity contribution in [2.24, 2.45) is 0 Å². The number of fused-ring (bicyclic) bond motifs is 7. The molecule has 422 valence electrons. The summed E-state index contributed by atoms with van der Waals surface area (Å²) < 4.78 is 9.62. The molecule has 10 aromatic carbocycles. The molecule has 6 heteroatoms. The summed E-state index contributed by atoms with van der Waals surface area (Å²) in [6.45, 7) is 22.9. The number of rotatable bonds is 9. The number of hydrogen-bond donors (Lipinski definition) is 0. The molecule has 0 amide bonds. The number of aromatic nitrogens is 2. The van der Waals surface area contributed by atoms with Crippen LogP contribution >= 0.6 is 0 Å². The van der Waals surface area contributed by atoms with E-state index in [9.17, 15) is 0 Å². The molecule has 2 aromatic heterocycles. The molecule has 1 aliphatic heterocycles. The second kappa shape index (κ2) is 21.1. The minimum absolute atomic E-state index is 0. The zero-order chi connectivity index (χ0) is 57.7. The summed E-state index contributed by atoms with van der Waals surface area (Å²) in [6.07, 6.45) is 1.92. The summed E-state index contributed by atoms with van der Waals surface area (Å²) in [6, 6.07) is 91.9. The molecule has 0 N–H and O–H groups in total. The van der Waals surface area contributed by atoms with Gasteiger partial charge in [-0.15, -0.1) is 53.6 Å². The van der Waals surface area contributed by atoms with E-state index in [-0.39, 0.29) is 37.3 Å². The van der Waals surface area contributed by atoms with Crippen LogP contribution in [-0.4, -0.2) is 9.55 Å². The monoisotopic (exact) mass is 1280 g/mol. The molecule has 85 heavy (non-hydrogen) atoms. The van der Waals surface area contributed by atoms with Gasteiger partial charge in [0, 0.05) is 77.9 Å². The van der Waals surface area contributed by atoms with Crippen molar-refractivity contribution in [2.75, 3.05) is 9.80 Å². The normalized spacial score (nSPS) is 13.6. The number of para-hydroxylation sites is 4. The van der Waals surface area contributed by atoms with Crippen molar-refractivity contribution in [3.63, 3.8) is 0 Å². The largest absolute Gasteiger partial charge is 0.509 e. The molecule has 0 bridgehead atoms. The second-order valence-corrected chi connectivity index (χ2v) is 25.7. The van der Waals surface area contributed by atoms with E-state index in [0.29, 0.717) is 11.5 Å². The molecule has 12 aromatic rings. The summed E-state index contributed by atoms with van der Waals surface area (Å²) in [5.74, 6) is 1.97. The van der Waals surface area contributed by atoms with Gasteiger partial charge in [-0.25, -0.2) is 4.98 Å². The summed E-state index contributed by atoms with van der Waals surface area (Å²) in [5, 5.41) is 2.19. The molecule has 0 saturated heterocycles. The fraction of sp³-hybridized carbons (Fsp3) is 0.165. The first kappa shape index (κ1) is 55.4. The van der Waals surface area contributed by atoms with E-state index in [1.165, 1.54) is 44.5 Å². The topological polar surface area (TPSA) is 33.5 Å². The fourth-order valence-corrected chi connectivity index (χ4v) is 13.0. The Morgan fingerprint density at radius 3 is 1.58 bits per heavy atom. The Hall–Kier alpha value is -8.76. The van der Waals surface area contributed by atoms with Crippen LogP contribution < -0.4 is 14.5 Å². The van der Waals surface area contributed by atoms with Gasteiger partial charge in [0.15, 0.2) is 0 Å². The van der Waals surface area contributed by atoms with Crippen molar-refractivity contribution in [1.82, 2.24) is 9.55 Å². The van der Waals surface area contributed by atoms with Gasteiger partial charge in [0.05, 0.1) is 0 Å². The Kier molecular flexibility index (Phi) is 13.7. The molecular weight excluding hydrogens is 1220 g/mol. The van der Waals surface area contributed by atoms with Gasteiger partial charge in [-0.3, -0.25) is 0 Å². The second-order valence-electron chi connectivity index (χ2n) is 25.7. The van der Waals surface area contributed by atoms with Crippen LogP contribution in [0.3, 0.4) is 0 Å². The molecule has 0 radical (unpaired) electrons. The Balaban J connectivity index is 0.00000672. The summed E-state index contributed by atoms with van der Waals surface area (Å²) in [7, 11) is 0. The number of hydrogen-bond acceptors (Lipinski definition) is 4. The Morgan fingerprint density at radius 2 is 0.976 bits per heavy atom. The zero-order valence-corrected chi connectivity index (χ0v) is 51.9. The molecule has 14 rings (SSSR count). The maximum absolute atomic E-state index is 7.39. The smallest absolute Gasteiger partial charge is 0.135 e. The van der Waals surface area contributed by atoms with E-state index in [1.807, 2.05) is 6.20 Å². The van der Waals surface area contributed by atoms with Crippen molar-refractivity contribution >= 4 is 44.6 Å². The van der Waals surface area contributed by atoms with Crippen molar-refractivity contribution in [3.8, 4) is 50.7 Å². The van der Waals surface area contributed by atoms with E-state index in [4.69, 9.17) is 9.72 Å². The van der Waals surface area contributed by atoms with Crippen molar-refractivity contribution in [1.29, 1.82) is 0 Å². The van der Waals surface area contributed by atoms with Crippen LogP contribution in [0, 0.1) is 18.8 Å². The van der Waals surface area contributed by atoms with Gasteiger partial charge in [0.1, 0.15) is 5.82 Å². The molecule has 5 nitrogen and oxygen atoms in total. The number of ether oxygens (including phenoxy) is 1. The van der Waals surface area contributed by atoms with E-state index in [2.05, 4.69) is 326 Å². The fourth-order valence-electron chi connectivity index (χ4n) is 13.0. The quantitative estimate of drug-likeness (QED) is 0.135. The molecule has 2 aliphatic rings. The average Bonchev–Trinajstić information content (AvgIpc) is 1.61. The van der Waals surface area contributed by atoms with E-state index in [0.717, 1.165) is 78.2 Å². The third kappa shape index (κ3) is 9.49. The maximum Gasteiger partial charge on any atom is 0.135 e. The SMILES string of the molecule is CC(C)(C)c1ccnc(-n2c3[c-]c(Oc4[c-]c(N5[CH-]N(c6c(-c7ccccc7)cccc6-c6ccccc6)c6ccccc65)cc(C5(c6ccccc6)c6ccc(C(C)(C)C)cc6-c6cc(C(C)(C)C)ccc65)c4)ccc3c3ccccc32)c1.[Pt]. The first-order valence-corrected chi connectivity index (χ1v) is 29.3. The van der Waals surface area contributed by atoms with Gasteiger partial charge in [0.2, 0.25) is 0 Å². The Morgan fingerprint density at radius 1 is 0.435 bits per heavy atom. The van der Waals surface area contributed by atoms with Crippen LogP contribution in [0.4, 0.5) is 22.7 Å². The third-order valence-corrected chi connectivity index (χ3v) is 17.3. The van der Waals surface area contributed by atoms with Crippen LogP contribution in [-0.2, 0) is 42.7 Å². The molecule has 0 unspecified atom stereocenters. The maximum atomic E-state index is 7.39. The number of benzene rings is 10. The van der Waals surface area contributed by atoms with Crippen molar-refractivity contribution in [3.05, 3.63) is 294 Å². The first-order valence-electron chi connectivity index (χ1n) is 29.3. The van der Waals surface area contributed by atoms with Crippen molar-refractivity contribution < 1.29 is 25.8 Å². The van der Waals surface area contributed by atoms with E-state index >= 15 is 0 Å².